The summed E-state index contributed by atoms with van der Waals surface area (Å²) in [6, 6.07) is 14.3. The summed E-state index contributed by atoms with van der Waals surface area (Å²) >= 11 is 0.573. The summed E-state index contributed by atoms with van der Waals surface area (Å²) in [7, 11) is 1.51. The quantitative estimate of drug-likeness (QED) is 0.656. The first kappa shape index (κ1) is 20.0. The average Bonchev–Trinajstić information content (AvgIpc) is 3.02. The van der Waals surface area contributed by atoms with E-state index in [1.807, 2.05) is 30.3 Å². The van der Waals surface area contributed by atoms with Gasteiger partial charge in [-0.15, -0.1) is 0 Å². The van der Waals surface area contributed by atoms with Crippen molar-refractivity contribution in [3.05, 3.63) is 65.4 Å². The van der Waals surface area contributed by atoms with E-state index in [1.54, 1.807) is 24.3 Å². The summed E-state index contributed by atoms with van der Waals surface area (Å²) < 4.78 is 10.9. The average molecular weight is 426 g/mol. The molecule has 30 heavy (non-hydrogen) atoms. The minimum atomic E-state index is -0.515. The van der Waals surface area contributed by atoms with E-state index in [9.17, 15) is 14.4 Å². The number of hydroxylamine groups is 2. The Morgan fingerprint density at radius 2 is 1.90 bits per heavy atom. The predicted molar refractivity (Wildman–Crippen MR) is 110 cm³/mol. The van der Waals surface area contributed by atoms with Crippen molar-refractivity contribution in [2.45, 2.75) is 0 Å². The molecule has 0 spiro atoms. The molecule has 9 heteroatoms. The molecule has 0 saturated carbocycles. The second kappa shape index (κ2) is 8.60. The number of hydrogen-bond donors (Lipinski definition) is 0. The van der Waals surface area contributed by atoms with Crippen LogP contribution in [0.3, 0.4) is 0 Å². The van der Waals surface area contributed by atoms with Crippen molar-refractivity contribution in [2.75, 3.05) is 27.0 Å². The lowest BCUT2D eigenvalue weighted by Gasteiger charge is -2.29. The lowest BCUT2D eigenvalue weighted by atomic mass is 10.1. The third kappa shape index (κ3) is 3.89. The van der Waals surface area contributed by atoms with Gasteiger partial charge in [0.2, 0.25) is 5.12 Å². The van der Waals surface area contributed by atoms with Gasteiger partial charge in [0.15, 0.2) is 18.2 Å². The van der Waals surface area contributed by atoms with Crippen LogP contribution in [0.15, 0.2) is 54.2 Å². The highest BCUT2D eigenvalue weighted by Gasteiger charge is 2.36. The number of hydrogen-bond acceptors (Lipinski definition) is 7. The molecule has 154 valence electrons. The minimum absolute atomic E-state index is 0.0140. The van der Waals surface area contributed by atoms with E-state index in [1.165, 1.54) is 12.0 Å². The minimum Gasteiger partial charge on any atom is -0.493 e. The Bertz CT molecular complexity index is 1020. The number of benzene rings is 2. The van der Waals surface area contributed by atoms with E-state index in [0.717, 1.165) is 10.6 Å². The van der Waals surface area contributed by atoms with Crippen molar-refractivity contribution in [3.63, 3.8) is 0 Å². The van der Waals surface area contributed by atoms with Crippen LogP contribution in [0, 0.1) is 0 Å². The molecular formula is C21H18N2O6S. The number of carbonyl (C=O) groups is 3. The molecule has 2 aromatic rings. The van der Waals surface area contributed by atoms with Crippen LogP contribution in [-0.4, -0.2) is 53.2 Å². The van der Waals surface area contributed by atoms with E-state index in [0.29, 0.717) is 28.8 Å². The van der Waals surface area contributed by atoms with Crippen molar-refractivity contribution in [3.8, 4) is 11.5 Å². The molecule has 1 fully saturated rings. The molecule has 0 bridgehead atoms. The summed E-state index contributed by atoms with van der Waals surface area (Å²) in [4.78, 5) is 44.0. The molecule has 2 amide bonds. The van der Waals surface area contributed by atoms with Crippen LogP contribution in [0.4, 0.5) is 4.79 Å². The maximum Gasteiger partial charge on any atom is 0.318 e. The smallest absolute Gasteiger partial charge is 0.318 e. The summed E-state index contributed by atoms with van der Waals surface area (Å²) in [5, 5.41) is 0.0763. The topological polar surface area (TPSA) is 85.4 Å². The molecule has 2 aromatic carbocycles. The fourth-order valence-corrected chi connectivity index (χ4v) is 3.71. The molecule has 4 rings (SSSR count). The summed E-state index contributed by atoms with van der Waals surface area (Å²) in [5.74, 6) is 0.676. The maximum atomic E-state index is 12.7. The van der Waals surface area contributed by atoms with Crippen LogP contribution >= 0.6 is 11.8 Å². The van der Waals surface area contributed by atoms with E-state index < -0.39 is 5.24 Å². The molecule has 0 aliphatic carbocycles. The summed E-state index contributed by atoms with van der Waals surface area (Å²) in [6.07, 6.45) is 1.60. The van der Waals surface area contributed by atoms with Crippen LogP contribution in [0.5, 0.6) is 11.5 Å². The molecule has 0 radical (unpaired) electrons. The molecule has 0 unspecified atom stereocenters. The second-order valence-electron chi connectivity index (χ2n) is 6.40. The van der Waals surface area contributed by atoms with Crippen LogP contribution in [0.25, 0.3) is 6.08 Å². The van der Waals surface area contributed by atoms with Gasteiger partial charge in [-0.25, -0.2) is 0 Å². The van der Waals surface area contributed by atoms with Crippen LogP contribution in [0.1, 0.15) is 15.9 Å². The van der Waals surface area contributed by atoms with Gasteiger partial charge in [-0.05, 0) is 23.8 Å². The van der Waals surface area contributed by atoms with Gasteiger partial charge in [-0.2, -0.15) is 5.06 Å². The van der Waals surface area contributed by atoms with E-state index >= 15 is 0 Å². The normalized spacial score (nSPS) is 17.4. The Morgan fingerprint density at radius 3 is 2.67 bits per heavy atom. The molecule has 0 atom stereocenters. The number of rotatable bonds is 6. The fraction of sp³-hybridized carbons (Fsp3) is 0.190. The van der Waals surface area contributed by atoms with Gasteiger partial charge in [-0.3, -0.25) is 19.2 Å². The van der Waals surface area contributed by atoms with Gasteiger partial charge in [0.1, 0.15) is 5.70 Å². The molecule has 2 aliphatic heterocycles. The third-order valence-electron chi connectivity index (χ3n) is 4.54. The zero-order chi connectivity index (χ0) is 21.1. The Balaban J connectivity index is 1.42. The Hall–Kier alpha value is -3.30. The largest absolute Gasteiger partial charge is 0.493 e. The molecule has 2 heterocycles. The highest BCUT2D eigenvalue weighted by Crippen LogP contribution is 2.35. The number of carbonyl (C=O) groups excluding carboxylic acids is 3. The molecule has 1 saturated heterocycles. The monoisotopic (exact) mass is 426 g/mol. The Labute approximate surface area is 176 Å². The lowest BCUT2D eigenvalue weighted by molar-refractivity contribution is -0.118. The van der Waals surface area contributed by atoms with Crippen LogP contribution < -0.4 is 9.47 Å². The Kier molecular flexibility index (Phi) is 5.73. The number of methoxy groups -OCH3 is 1. The van der Waals surface area contributed by atoms with Crippen LogP contribution in [0.2, 0.25) is 0 Å². The van der Waals surface area contributed by atoms with E-state index in [-0.39, 0.29) is 36.6 Å². The van der Waals surface area contributed by atoms with Crippen molar-refractivity contribution < 1.29 is 28.7 Å². The third-order valence-corrected chi connectivity index (χ3v) is 5.27. The fourth-order valence-electron chi connectivity index (χ4n) is 3.07. The van der Waals surface area contributed by atoms with Gasteiger partial charge in [0.25, 0.3) is 5.91 Å². The highest BCUT2D eigenvalue weighted by molar-refractivity contribution is 8.27. The zero-order valence-electron chi connectivity index (χ0n) is 16.1. The van der Waals surface area contributed by atoms with Crippen molar-refractivity contribution in [1.29, 1.82) is 0 Å². The first-order valence-electron chi connectivity index (χ1n) is 9.13. The van der Waals surface area contributed by atoms with Crippen molar-refractivity contribution in [2.24, 2.45) is 0 Å². The summed E-state index contributed by atoms with van der Waals surface area (Å²) in [6.45, 7) is 0.223. The predicted octanol–water partition coefficient (Wildman–Crippen LogP) is 3.16. The van der Waals surface area contributed by atoms with Gasteiger partial charge < -0.3 is 14.4 Å². The molecule has 0 N–H and O–H groups in total. The molecule has 8 nitrogen and oxygen atoms in total. The van der Waals surface area contributed by atoms with E-state index in [2.05, 4.69) is 0 Å². The summed E-state index contributed by atoms with van der Waals surface area (Å²) in [5.41, 5.74) is 1.32. The Morgan fingerprint density at radius 1 is 1.10 bits per heavy atom. The highest BCUT2D eigenvalue weighted by atomic mass is 32.2. The van der Waals surface area contributed by atoms with Gasteiger partial charge in [-0.1, -0.05) is 36.4 Å². The SMILES string of the molecule is COc1cccc2c1OCN(CCON1C(=O)SC(=O)C1=Cc1ccccc1)C2=O. The standard InChI is InChI=1S/C21H18N2O6S/c1-27-17-9-5-8-15-18(17)28-13-22(19(15)24)10-11-29-23-16(20(25)30-21(23)26)12-14-6-3-2-4-7-14/h2-9,12H,10-11,13H2,1H3. The van der Waals surface area contributed by atoms with Crippen molar-refractivity contribution >= 4 is 34.1 Å². The van der Waals surface area contributed by atoms with Gasteiger partial charge in [0.05, 0.1) is 25.8 Å². The number of nitrogens with zero attached hydrogens (tertiary/aromatic N) is 2. The second-order valence-corrected chi connectivity index (χ2v) is 7.33. The van der Waals surface area contributed by atoms with Gasteiger partial charge in [0, 0.05) is 11.8 Å². The first-order chi connectivity index (χ1) is 14.6. The van der Waals surface area contributed by atoms with Crippen molar-refractivity contribution in [1.82, 2.24) is 9.96 Å². The molecular weight excluding hydrogens is 408 g/mol. The van der Waals surface area contributed by atoms with Crippen LogP contribution in [-0.2, 0) is 9.63 Å². The molecule has 0 aromatic heterocycles. The molecule has 2 aliphatic rings. The maximum absolute atomic E-state index is 12.7. The van der Waals surface area contributed by atoms with Gasteiger partial charge >= 0.3 is 5.24 Å². The number of amides is 2. The number of thioether (sulfide) groups is 1. The number of para-hydroxylation sites is 1. The lowest BCUT2D eigenvalue weighted by Crippen LogP contribution is -2.41. The zero-order valence-corrected chi connectivity index (χ0v) is 16.9. The first-order valence-corrected chi connectivity index (χ1v) is 9.95. The number of ether oxygens (including phenoxy) is 2. The van der Waals surface area contributed by atoms with E-state index in [4.69, 9.17) is 14.3 Å². The number of fused-ring (bicyclic) bond motifs is 1.